The standard InChI is InChI=1S/C24H30O3/c1-5-9-17-23(18-10-6-2,19-21(25)8-4)24(27,22(26)14-7-3)20-15-12-11-13-16-20/h5-13,15-18,21-22,25-27H,1-4,14,19H2. The molecule has 3 atom stereocenters. The summed E-state index contributed by atoms with van der Waals surface area (Å²) in [6, 6.07) is 8.94. The maximum absolute atomic E-state index is 12.0. The highest BCUT2D eigenvalue weighted by atomic mass is 16.3. The van der Waals surface area contributed by atoms with Crippen LogP contribution in [0.1, 0.15) is 18.4 Å². The summed E-state index contributed by atoms with van der Waals surface area (Å²) in [5.41, 5.74) is -2.38. The first kappa shape index (κ1) is 22.6. The van der Waals surface area contributed by atoms with Crippen molar-refractivity contribution >= 4 is 0 Å². The minimum Gasteiger partial charge on any atom is -0.389 e. The Kier molecular flexibility index (Phi) is 8.89. The van der Waals surface area contributed by atoms with Gasteiger partial charge in [-0.25, -0.2) is 0 Å². The van der Waals surface area contributed by atoms with E-state index in [-0.39, 0.29) is 12.8 Å². The topological polar surface area (TPSA) is 60.7 Å². The van der Waals surface area contributed by atoms with E-state index in [4.69, 9.17) is 0 Å². The molecule has 0 aliphatic rings. The summed E-state index contributed by atoms with van der Waals surface area (Å²) in [7, 11) is 0. The summed E-state index contributed by atoms with van der Waals surface area (Å²) in [6.45, 7) is 14.7. The summed E-state index contributed by atoms with van der Waals surface area (Å²) in [5, 5.41) is 33.3. The molecular formula is C24H30O3. The van der Waals surface area contributed by atoms with Crippen LogP contribution in [0.2, 0.25) is 0 Å². The van der Waals surface area contributed by atoms with Crippen molar-refractivity contribution in [2.75, 3.05) is 0 Å². The van der Waals surface area contributed by atoms with E-state index in [0.29, 0.717) is 5.56 Å². The fourth-order valence-corrected chi connectivity index (χ4v) is 3.30. The lowest BCUT2D eigenvalue weighted by Gasteiger charge is -2.48. The van der Waals surface area contributed by atoms with Crippen LogP contribution >= 0.6 is 0 Å². The molecule has 0 fully saturated rings. The Hall–Kier alpha value is -2.46. The number of aliphatic hydroxyl groups excluding tert-OH is 2. The van der Waals surface area contributed by atoms with Crippen LogP contribution in [0.5, 0.6) is 0 Å². The van der Waals surface area contributed by atoms with Crippen LogP contribution in [0.15, 0.2) is 105 Å². The Labute approximate surface area is 162 Å². The fraction of sp³-hybridized carbons (Fsp3) is 0.250. The first-order valence-corrected chi connectivity index (χ1v) is 8.89. The highest BCUT2D eigenvalue weighted by Crippen LogP contribution is 2.49. The lowest BCUT2D eigenvalue weighted by Crippen LogP contribution is -2.53. The zero-order valence-electron chi connectivity index (χ0n) is 15.7. The van der Waals surface area contributed by atoms with Gasteiger partial charge in [-0.1, -0.05) is 92.1 Å². The average Bonchev–Trinajstić information content (AvgIpc) is 2.70. The van der Waals surface area contributed by atoms with E-state index in [9.17, 15) is 15.3 Å². The van der Waals surface area contributed by atoms with Gasteiger partial charge in [0.2, 0.25) is 0 Å². The molecular weight excluding hydrogens is 336 g/mol. The molecule has 0 aliphatic heterocycles. The molecule has 144 valence electrons. The molecule has 1 aromatic carbocycles. The lowest BCUT2D eigenvalue weighted by molar-refractivity contribution is -0.140. The van der Waals surface area contributed by atoms with Crippen molar-refractivity contribution < 1.29 is 15.3 Å². The van der Waals surface area contributed by atoms with E-state index < -0.39 is 23.2 Å². The molecule has 0 saturated carbocycles. The maximum Gasteiger partial charge on any atom is 0.128 e. The normalized spacial score (nSPS) is 18.3. The third-order valence-electron chi connectivity index (χ3n) is 4.67. The van der Waals surface area contributed by atoms with Crippen molar-refractivity contribution in [2.45, 2.75) is 30.7 Å². The summed E-state index contributed by atoms with van der Waals surface area (Å²) in [5.74, 6) is 0. The zero-order valence-corrected chi connectivity index (χ0v) is 15.7. The largest absolute Gasteiger partial charge is 0.389 e. The first-order valence-electron chi connectivity index (χ1n) is 8.89. The van der Waals surface area contributed by atoms with Crippen molar-refractivity contribution in [2.24, 2.45) is 5.41 Å². The van der Waals surface area contributed by atoms with Crippen LogP contribution < -0.4 is 0 Å². The van der Waals surface area contributed by atoms with Crippen LogP contribution in [0.4, 0.5) is 0 Å². The van der Waals surface area contributed by atoms with Crippen LogP contribution in [0, 0.1) is 5.41 Å². The summed E-state index contributed by atoms with van der Waals surface area (Å²) in [4.78, 5) is 0. The van der Waals surface area contributed by atoms with Crippen molar-refractivity contribution in [3.8, 4) is 0 Å². The average molecular weight is 367 g/mol. The van der Waals surface area contributed by atoms with Crippen LogP contribution in [0.3, 0.4) is 0 Å². The SMILES string of the molecule is C=CC=CC(C=CC=C)(CC(O)C=C)C(O)(c1ccccc1)C(O)CC=C. The number of rotatable bonds is 12. The van der Waals surface area contributed by atoms with Gasteiger partial charge in [0, 0.05) is 5.41 Å². The Morgan fingerprint density at radius 1 is 0.926 bits per heavy atom. The predicted octanol–water partition coefficient (Wildman–Crippen LogP) is 4.22. The fourth-order valence-electron chi connectivity index (χ4n) is 3.30. The summed E-state index contributed by atoms with van der Waals surface area (Å²) < 4.78 is 0. The summed E-state index contributed by atoms with van der Waals surface area (Å²) in [6.07, 6.45) is 11.2. The molecule has 0 radical (unpaired) electrons. The number of benzene rings is 1. The maximum atomic E-state index is 12.0. The van der Waals surface area contributed by atoms with E-state index in [1.807, 2.05) is 6.07 Å². The molecule has 0 aromatic heterocycles. The van der Waals surface area contributed by atoms with Gasteiger partial charge >= 0.3 is 0 Å². The Morgan fingerprint density at radius 3 is 1.93 bits per heavy atom. The third-order valence-corrected chi connectivity index (χ3v) is 4.67. The molecule has 0 spiro atoms. The van der Waals surface area contributed by atoms with Gasteiger partial charge in [-0.2, -0.15) is 0 Å². The van der Waals surface area contributed by atoms with Crippen LogP contribution in [-0.4, -0.2) is 27.5 Å². The smallest absolute Gasteiger partial charge is 0.128 e. The first-order chi connectivity index (χ1) is 12.9. The number of hydrogen-bond acceptors (Lipinski definition) is 3. The molecule has 3 heteroatoms. The van der Waals surface area contributed by atoms with Crippen molar-refractivity contribution in [1.29, 1.82) is 0 Å². The van der Waals surface area contributed by atoms with Crippen molar-refractivity contribution in [1.82, 2.24) is 0 Å². The molecule has 1 rings (SSSR count). The van der Waals surface area contributed by atoms with Crippen molar-refractivity contribution in [3.05, 3.63) is 111 Å². The molecule has 3 N–H and O–H groups in total. The van der Waals surface area contributed by atoms with E-state index in [0.717, 1.165) is 0 Å². The second-order valence-electron chi connectivity index (χ2n) is 6.41. The molecule has 0 amide bonds. The van der Waals surface area contributed by atoms with E-state index in [1.54, 1.807) is 66.8 Å². The van der Waals surface area contributed by atoms with Crippen LogP contribution in [0.25, 0.3) is 0 Å². The molecule has 27 heavy (non-hydrogen) atoms. The van der Waals surface area contributed by atoms with Crippen molar-refractivity contribution in [3.63, 3.8) is 0 Å². The number of allylic oxidation sites excluding steroid dienone is 4. The molecule has 3 nitrogen and oxygen atoms in total. The summed E-state index contributed by atoms with van der Waals surface area (Å²) >= 11 is 0. The predicted molar refractivity (Wildman–Crippen MR) is 113 cm³/mol. The second-order valence-corrected chi connectivity index (χ2v) is 6.41. The van der Waals surface area contributed by atoms with Gasteiger partial charge in [0.1, 0.15) is 5.60 Å². The van der Waals surface area contributed by atoms with E-state index >= 15 is 0 Å². The molecule has 0 bridgehead atoms. The van der Waals surface area contributed by atoms with Gasteiger partial charge in [-0.3, -0.25) is 0 Å². The monoisotopic (exact) mass is 366 g/mol. The molecule has 1 aromatic rings. The molecule has 3 unspecified atom stereocenters. The molecule has 0 heterocycles. The second kappa shape index (κ2) is 10.6. The minimum atomic E-state index is -1.74. The van der Waals surface area contributed by atoms with Gasteiger partial charge < -0.3 is 15.3 Å². The van der Waals surface area contributed by atoms with Gasteiger partial charge in [0.15, 0.2) is 0 Å². The third kappa shape index (κ3) is 5.04. The highest BCUT2D eigenvalue weighted by molar-refractivity contribution is 5.36. The minimum absolute atomic E-state index is 0.102. The van der Waals surface area contributed by atoms with Gasteiger partial charge in [-0.05, 0) is 18.4 Å². The van der Waals surface area contributed by atoms with E-state index in [2.05, 4.69) is 26.3 Å². The number of hydrogen-bond donors (Lipinski definition) is 3. The van der Waals surface area contributed by atoms with Gasteiger partial charge in [0.25, 0.3) is 0 Å². The van der Waals surface area contributed by atoms with Gasteiger partial charge in [-0.15, -0.1) is 13.2 Å². The lowest BCUT2D eigenvalue weighted by atomic mass is 9.61. The van der Waals surface area contributed by atoms with E-state index in [1.165, 1.54) is 6.08 Å². The Bertz CT molecular complexity index is 669. The quantitative estimate of drug-likeness (QED) is 0.383. The molecule has 0 aliphatic carbocycles. The molecule has 0 saturated heterocycles. The Balaban J connectivity index is 3.84. The zero-order chi connectivity index (χ0) is 20.3. The highest BCUT2D eigenvalue weighted by Gasteiger charge is 2.53. The Morgan fingerprint density at radius 2 is 1.48 bits per heavy atom. The van der Waals surface area contributed by atoms with Gasteiger partial charge in [0.05, 0.1) is 12.2 Å². The number of aliphatic hydroxyl groups is 3. The van der Waals surface area contributed by atoms with Crippen LogP contribution in [-0.2, 0) is 5.60 Å².